The summed E-state index contributed by atoms with van der Waals surface area (Å²) in [5, 5.41) is 11.7. The Morgan fingerprint density at radius 2 is 2.06 bits per heavy atom. The molecule has 0 aliphatic heterocycles. The molecule has 2 N–H and O–H groups in total. The Bertz CT molecular complexity index is 431. The van der Waals surface area contributed by atoms with E-state index in [4.69, 9.17) is 16.7 Å². The van der Waals surface area contributed by atoms with Crippen molar-refractivity contribution in [3.8, 4) is 0 Å². The zero-order valence-electron chi connectivity index (χ0n) is 8.95. The van der Waals surface area contributed by atoms with E-state index in [9.17, 15) is 9.59 Å². The normalized spacial score (nSPS) is 11.9. The summed E-state index contributed by atoms with van der Waals surface area (Å²) in [6.07, 6.45) is 0. The van der Waals surface area contributed by atoms with Crippen LogP contribution in [0.15, 0.2) is 18.2 Å². The molecule has 0 bridgehead atoms. The van der Waals surface area contributed by atoms with E-state index in [1.807, 2.05) is 0 Å². The zero-order valence-corrected chi connectivity index (χ0v) is 9.71. The molecule has 0 saturated carbocycles. The molecule has 5 heteroatoms. The number of halogens is 1. The number of carbonyl (C=O) groups is 2. The number of amides is 1. The minimum Gasteiger partial charge on any atom is -0.481 e. The van der Waals surface area contributed by atoms with E-state index in [1.54, 1.807) is 25.1 Å². The fourth-order valence-electron chi connectivity index (χ4n) is 1.08. The fourth-order valence-corrected chi connectivity index (χ4v) is 1.25. The van der Waals surface area contributed by atoms with E-state index in [0.717, 1.165) is 5.56 Å². The van der Waals surface area contributed by atoms with Gasteiger partial charge in [0, 0.05) is 10.7 Å². The molecule has 1 aromatic carbocycles. The molecule has 16 heavy (non-hydrogen) atoms. The molecule has 1 atom stereocenters. The summed E-state index contributed by atoms with van der Waals surface area (Å²) in [4.78, 5) is 22.1. The molecule has 1 rings (SSSR count). The molecule has 86 valence electrons. The Hall–Kier alpha value is -1.55. The number of carboxylic acid groups (broad SMARTS) is 1. The van der Waals surface area contributed by atoms with Crippen molar-refractivity contribution in [3.63, 3.8) is 0 Å². The molecule has 1 unspecified atom stereocenters. The van der Waals surface area contributed by atoms with Crippen molar-refractivity contribution in [2.75, 3.05) is 5.32 Å². The van der Waals surface area contributed by atoms with Crippen molar-refractivity contribution < 1.29 is 14.7 Å². The smallest absolute Gasteiger partial charge is 0.315 e. The second kappa shape index (κ2) is 4.99. The quantitative estimate of drug-likeness (QED) is 0.798. The van der Waals surface area contributed by atoms with Crippen LogP contribution in [0.2, 0.25) is 5.02 Å². The average Bonchev–Trinajstić information content (AvgIpc) is 2.22. The first kappa shape index (κ1) is 12.5. The van der Waals surface area contributed by atoms with Crippen molar-refractivity contribution in [2.24, 2.45) is 5.92 Å². The summed E-state index contributed by atoms with van der Waals surface area (Å²) in [7, 11) is 0. The number of nitrogens with one attached hydrogen (secondary N) is 1. The Balaban J connectivity index is 2.84. The lowest BCUT2D eigenvalue weighted by Gasteiger charge is -2.10. The molecule has 0 radical (unpaired) electrons. The third-order valence-electron chi connectivity index (χ3n) is 2.22. The van der Waals surface area contributed by atoms with E-state index < -0.39 is 17.8 Å². The van der Waals surface area contributed by atoms with Crippen molar-refractivity contribution in [2.45, 2.75) is 13.8 Å². The average molecular weight is 242 g/mol. The lowest BCUT2D eigenvalue weighted by atomic mass is 10.1. The zero-order chi connectivity index (χ0) is 12.3. The Labute approximate surface area is 98.2 Å². The Morgan fingerprint density at radius 1 is 1.44 bits per heavy atom. The van der Waals surface area contributed by atoms with Crippen LogP contribution >= 0.6 is 11.6 Å². The molecule has 0 aliphatic carbocycles. The molecule has 0 fully saturated rings. The Kier molecular flexibility index (Phi) is 3.90. The van der Waals surface area contributed by atoms with Gasteiger partial charge in [0.05, 0.1) is 0 Å². The first-order chi connectivity index (χ1) is 7.41. The standard InChI is InChI=1S/C11H12ClNO3/c1-6-3-4-8(12)5-9(6)13-10(14)7(2)11(15)16/h3-5,7H,1-2H3,(H,13,14)(H,15,16). The topological polar surface area (TPSA) is 66.4 Å². The molecular formula is C11H12ClNO3. The third-order valence-corrected chi connectivity index (χ3v) is 2.46. The van der Waals surface area contributed by atoms with Gasteiger partial charge in [-0.3, -0.25) is 9.59 Å². The lowest BCUT2D eigenvalue weighted by molar-refractivity contribution is -0.144. The van der Waals surface area contributed by atoms with E-state index in [-0.39, 0.29) is 0 Å². The number of carbonyl (C=O) groups excluding carboxylic acids is 1. The highest BCUT2D eigenvalue weighted by Gasteiger charge is 2.20. The molecule has 4 nitrogen and oxygen atoms in total. The summed E-state index contributed by atoms with van der Waals surface area (Å²) in [5.41, 5.74) is 1.36. The number of aryl methyl sites for hydroxylation is 1. The predicted octanol–water partition coefficient (Wildman–Crippen LogP) is 2.31. The monoisotopic (exact) mass is 241 g/mol. The second-order valence-corrected chi connectivity index (χ2v) is 3.94. The van der Waals surface area contributed by atoms with Gasteiger partial charge in [-0.2, -0.15) is 0 Å². The summed E-state index contributed by atoms with van der Waals surface area (Å²) in [5.74, 6) is -2.80. The van der Waals surface area contributed by atoms with Crippen LogP contribution in [0.5, 0.6) is 0 Å². The maximum Gasteiger partial charge on any atom is 0.315 e. The Morgan fingerprint density at radius 3 is 2.62 bits per heavy atom. The largest absolute Gasteiger partial charge is 0.481 e. The van der Waals surface area contributed by atoms with Crippen LogP contribution in [-0.2, 0) is 9.59 Å². The highest BCUT2D eigenvalue weighted by molar-refractivity contribution is 6.31. The van der Waals surface area contributed by atoms with Crippen LogP contribution in [-0.4, -0.2) is 17.0 Å². The van der Waals surface area contributed by atoms with Crippen molar-refractivity contribution in [1.29, 1.82) is 0 Å². The van der Waals surface area contributed by atoms with Gasteiger partial charge >= 0.3 is 5.97 Å². The molecule has 1 amide bonds. The first-order valence-corrected chi connectivity index (χ1v) is 5.09. The SMILES string of the molecule is Cc1ccc(Cl)cc1NC(=O)C(C)C(=O)O. The molecule has 0 spiro atoms. The summed E-state index contributed by atoms with van der Waals surface area (Å²) in [6, 6.07) is 5.04. The second-order valence-electron chi connectivity index (χ2n) is 3.51. The highest BCUT2D eigenvalue weighted by atomic mass is 35.5. The maximum absolute atomic E-state index is 11.5. The minimum absolute atomic E-state index is 0.490. The van der Waals surface area contributed by atoms with Crippen LogP contribution < -0.4 is 5.32 Å². The van der Waals surface area contributed by atoms with E-state index in [1.165, 1.54) is 6.92 Å². The third kappa shape index (κ3) is 2.97. The van der Waals surface area contributed by atoms with E-state index in [0.29, 0.717) is 10.7 Å². The minimum atomic E-state index is -1.16. The summed E-state index contributed by atoms with van der Waals surface area (Å²) in [6.45, 7) is 3.13. The van der Waals surface area contributed by atoms with Gasteiger partial charge in [-0.25, -0.2) is 0 Å². The van der Waals surface area contributed by atoms with Gasteiger partial charge in [0.1, 0.15) is 5.92 Å². The van der Waals surface area contributed by atoms with Gasteiger partial charge in [-0.15, -0.1) is 0 Å². The van der Waals surface area contributed by atoms with Crippen LogP contribution in [0.25, 0.3) is 0 Å². The molecule has 0 aromatic heterocycles. The van der Waals surface area contributed by atoms with E-state index >= 15 is 0 Å². The number of aliphatic carboxylic acids is 1. The molecule has 0 heterocycles. The number of benzene rings is 1. The highest BCUT2D eigenvalue weighted by Crippen LogP contribution is 2.20. The number of hydrogen-bond donors (Lipinski definition) is 2. The molecule has 0 saturated heterocycles. The lowest BCUT2D eigenvalue weighted by Crippen LogP contribution is -2.27. The van der Waals surface area contributed by atoms with Gasteiger partial charge in [0.2, 0.25) is 5.91 Å². The van der Waals surface area contributed by atoms with Gasteiger partial charge in [-0.1, -0.05) is 17.7 Å². The summed E-state index contributed by atoms with van der Waals surface area (Å²) < 4.78 is 0. The van der Waals surface area contributed by atoms with Crippen molar-refractivity contribution >= 4 is 29.2 Å². The molecule has 1 aromatic rings. The fraction of sp³-hybridized carbons (Fsp3) is 0.273. The molecule has 0 aliphatic rings. The number of anilines is 1. The van der Waals surface area contributed by atoms with Gasteiger partial charge in [0.25, 0.3) is 0 Å². The van der Waals surface area contributed by atoms with Crippen molar-refractivity contribution in [1.82, 2.24) is 0 Å². The summed E-state index contributed by atoms with van der Waals surface area (Å²) >= 11 is 5.77. The molecular weight excluding hydrogens is 230 g/mol. The predicted molar refractivity (Wildman–Crippen MR) is 61.6 cm³/mol. The van der Waals surface area contributed by atoms with Crippen LogP contribution in [0.3, 0.4) is 0 Å². The maximum atomic E-state index is 11.5. The number of hydrogen-bond acceptors (Lipinski definition) is 2. The van der Waals surface area contributed by atoms with Crippen LogP contribution in [0.1, 0.15) is 12.5 Å². The van der Waals surface area contributed by atoms with Gasteiger partial charge in [0.15, 0.2) is 0 Å². The van der Waals surface area contributed by atoms with Gasteiger partial charge < -0.3 is 10.4 Å². The first-order valence-electron chi connectivity index (χ1n) is 4.71. The number of carboxylic acids is 1. The van der Waals surface area contributed by atoms with E-state index in [2.05, 4.69) is 5.32 Å². The van der Waals surface area contributed by atoms with Crippen molar-refractivity contribution in [3.05, 3.63) is 28.8 Å². The van der Waals surface area contributed by atoms with Gasteiger partial charge in [-0.05, 0) is 31.5 Å². The van der Waals surface area contributed by atoms with Crippen LogP contribution in [0, 0.1) is 12.8 Å². The van der Waals surface area contributed by atoms with Crippen LogP contribution in [0.4, 0.5) is 5.69 Å². The number of rotatable bonds is 3.